The molecule has 4 nitrogen and oxygen atoms in total. The topological polar surface area (TPSA) is 54.6 Å². The van der Waals surface area contributed by atoms with E-state index in [1.54, 1.807) is 23.7 Å². The van der Waals surface area contributed by atoms with E-state index in [1.807, 2.05) is 12.1 Å². The Labute approximate surface area is 97.5 Å². The number of nitrogens with zero attached hydrogens (tertiary/aromatic N) is 2. The Morgan fingerprint density at radius 1 is 1.69 bits per heavy atom. The van der Waals surface area contributed by atoms with Gasteiger partial charge in [0.15, 0.2) is 0 Å². The molecule has 2 aromatic heterocycles. The van der Waals surface area contributed by atoms with E-state index in [1.165, 1.54) is 0 Å². The Morgan fingerprint density at radius 2 is 2.44 bits per heavy atom. The van der Waals surface area contributed by atoms with Crippen LogP contribution in [0.4, 0.5) is 0 Å². The fraction of sp³-hybridized carbons (Fsp3) is 0.273. The first-order chi connectivity index (χ1) is 7.59. The van der Waals surface area contributed by atoms with Crippen LogP contribution in [-0.4, -0.2) is 20.5 Å². The van der Waals surface area contributed by atoms with Gasteiger partial charge in [0.25, 0.3) is 0 Å². The van der Waals surface area contributed by atoms with Gasteiger partial charge in [0, 0.05) is 6.20 Å². The fourth-order valence-electron chi connectivity index (χ4n) is 1.64. The average molecular weight is 239 g/mol. The summed E-state index contributed by atoms with van der Waals surface area (Å²) < 4.78 is 1.74. The number of carbonyl (C=O) groups is 1. The average Bonchev–Trinajstić information content (AvgIpc) is 2.62. The van der Waals surface area contributed by atoms with Gasteiger partial charge in [-0.1, -0.05) is 13.0 Å². The van der Waals surface area contributed by atoms with Crippen LogP contribution in [0.2, 0.25) is 5.28 Å². The lowest BCUT2D eigenvalue weighted by Crippen LogP contribution is -2.12. The molecule has 0 bridgehead atoms. The van der Waals surface area contributed by atoms with Gasteiger partial charge in [0.1, 0.15) is 0 Å². The van der Waals surface area contributed by atoms with Crippen molar-refractivity contribution in [3.8, 4) is 0 Å². The lowest BCUT2D eigenvalue weighted by molar-refractivity contribution is -0.141. The molecule has 0 fully saturated rings. The molecule has 2 rings (SSSR count). The van der Waals surface area contributed by atoms with Gasteiger partial charge in [-0.05, 0) is 29.7 Å². The second kappa shape index (κ2) is 4.14. The van der Waals surface area contributed by atoms with Crippen molar-refractivity contribution in [3.63, 3.8) is 0 Å². The van der Waals surface area contributed by atoms with E-state index < -0.39 is 11.9 Å². The molecular formula is C11H11ClN2O2. The van der Waals surface area contributed by atoms with Crippen LogP contribution in [0.3, 0.4) is 0 Å². The molecule has 2 heterocycles. The van der Waals surface area contributed by atoms with Crippen molar-refractivity contribution in [3.05, 3.63) is 35.4 Å². The molecule has 1 atom stereocenters. The van der Waals surface area contributed by atoms with Gasteiger partial charge in [-0.25, -0.2) is 4.98 Å². The van der Waals surface area contributed by atoms with Gasteiger partial charge in [-0.15, -0.1) is 0 Å². The summed E-state index contributed by atoms with van der Waals surface area (Å²) in [6.07, 6.45) is 3.94. The second-order valence-electron chi connectivity index (χ2n) is 3.76. The van der Waals surface area contributed by atoms with E-state index in [0.717, 1.165) is 11.1 Å². The van der Waals surface area contributed by atoms with E-state index >= 15 is 0 Å². The van der Waals surface area contributed by atoms with E-state index in [9.17, 15) is 4.79 Å². The number of carboxylic acids is 1. The van der Waals surface area contributed by atoms with Gasteiger partial charge < -0.3 is 5.11 Å². The van der Waals surface area contributed by atoms with Crippen LogP contribution in [0, 0.1) is 5.92 Å². The zero-order chi connectivity index (χ0) is 11.7. The number of fused-ring (bicyclic) bond motifs is 1. The Balaban J connectivity index is 2.41. The number of hydrogen-bond acceptors (Lipinski definition) is 2. The third-order valence-electron chi connectivity index (χ3n) is 2.56. The van der Waals surface area contributed by atoms with Crippen molar-refractivity contribution < 1.29 is 9.90 Å². The summed E-state index contributed by atoms with van der Waals surface area (Å²) in [5, 5.41) is 9.26. The zero-order valence-corrected chi connectivity index (χ0v) is 9.48. The SMILES string of the molecule is CC(Cc1cccn2c(Cl)ncc12)C(=O)O. The lowest BCUT2D eigenvalue weighted by atomic mass is 10.0. The molecule has 0 aromatic carbocycles. The van der Waals surface area contributed by atoms with E-state index in [-0.39, 0.29) is 0 Å². The normalized spacial score (nSPS) is 12.9. The maximum absolute atomic E-state index is 10.8. The molecule has 1 unspecified atom stereocenters. The van der Waals surface area contributed by atoms with Crippen molar-refractivity contribution in [2.45, 2.75) is 13.3 Å². The number of aliphatic carboxylic acids is 1. The van der Waals surface area contributed by atoms with Crippen LogP contribution in [0.5, 0.6) is 0 Å². The first-order valence-electron chi connectivity index (χ1n) is 4.93. The minimum absolute atomic E-state index is 0.389. The van der Waals surface area contributed by atoms with Crippen LogP contribution in [0.25, 0.3) is 5.52 Å². The monoisotopic (exact) mass is 238 g/mol. The number of pyridine rings is 1. The molecule has 0 saturated carbocycles. The Hall–Kier alpha value is -1.55. The molecule has 0 radical (unpaired) electrons. The lowest BCUT2D eigenvalue weighted by Gasteiger charge is -2.07. The summed E-state index contributed by atoms with van der Waals surface area (Å²) in [6.45, 7) is 1.68. The van der Waals surface area contributed by atoms with Crippen LogP contribution in [-0.2, 0) is 11.2 Å². The third kappa shape index (κ3) is 1.88. The largest absolute Gasteiger partial charge is 0.481 e. The van der Waals surface area contributed by atoms with E-state index in [2.05, 4.69) is 4.98 Å². The predicted molar refractivity (Wildman–Crippen MR) is 60.7 cm³/mol. The Morgan fingerprint density at radius 3 is 3.12 bits per heavy atom. The van der Waals surface area contributed by atoms with Crippen molar-refractivity contribution in [2.75, 3.05) is 0 Å². The van der Waals surface area contributed by atoms with E-state index in [0.29, 0.717) is 11.7 Å². The molecule has 0 aliphatic heterocycles. The summed E-state index contributed by atoms with van der Waals surface area (Å²) in [5.74, 6) is -1.22. The highest BCUT2D eigenvalue weighted by molar-refractivity contribution is 6.28. The quantitative estimate of drug-likeness (QED) is 0.892. The van der Waals surface area contributed by atoms with Gasteiger partial charge in [0.2, 0.25) is 5.28 Å². The first-order valence-corrected chi connectivity index (χ1v) is 5.30. The second-order valence-corrected chi connectivity index (χ2v) is 4.10. The minimum Gasteiger partial charge on any atom is -0.481 e. The van der Waals surface area contributed by atoms with Crippen molar-refractivity contribution in [1.82, 2.24) is 9.38 Å². The standard InChI is InChI=1S/C11H11ClN2O2/c1-7(10(15)16)5-8-3-2-4-14-9(8)6-13-11(14)12/h2-4,6-7H,5H2,1H3,(H,15,16). The molecular weight excluding hydrogens is 228 g/mol. The van der Waals surface area contributed by atoms with E-state index in [4.69, 9.17) is 16.7 Å². The third-order valence-corrected chi connectivity index (χ3v) is 2.84. The van der Waals surface area contributed by atoms with Crippen molar-refractivity contribution in [1.29, 1.82) is 0 Å². The number of aromatic nitrogens is 2. The number of rotatable bonds is 3. The summed E-state index contributed by atoms with van der Waals surface area (Å²) in [7, 11) is 0. The highest BCUT2D eigenvalue weighted by Gasteiger charge is 2.14. The molecule has 0 aliphatic rings. The van der Waals surface area contributed by atoms with Gasteiger partial charge >= 0.3 is 5.97 Å². The number of carboxylic acid groups (broad SMARTS) is 1. The van der Waals surface area contributed by atoms with Gasteiger partial charge in [-0.2, -0.15) is 0 Å². The smallest absolute Gasteiger partial charge is 0.306 e. The predicted octanol–water partition coefficient (Wildman–Crippen LogP) is 2.25. The molecule has 0 amide bonds. The summed E-state index contributed by atoms with van der Waals surface area (Å²) in [5.41, 5.74) is 1.80. The Kier molecular flexibility index (Phi) is 2.83. The molecule has 84 valence electrons. The highest BCUT2D eigenvalue weighted by Crippen LogP contribution is 2.18. The molecule has 1 N–H and O–H groups in total. The van der Waals surface area contributed by atoms with Crippen molar-refractivity contribution in [2.24, 2.45) is 5.92 Å². The molecule has 0 aliphatic carbocycles. The first kappa shape index (κ1) is 11.0. The molecule has 2 aromatic rings. The van der Waals surface area contributed by atoms with Crippen LogP contribution in [0.15, 0.2) is 24.5 Å². The molecule has 16 heavy (non-hydrogen) atoms. The maximum Gasteiger partial charge on any atom is 0.306 e. The summed E-state index contributed by atoms with van der Waals surface area (Å²) in [6, 6.07) is 3.73. The molecule has 0 spiro atoms. The van der Waals surface area contributed by atoms with Crippen LogP contribution in [0.1, 0.15) is 12.5 Å². The summed E-state index contributed by atoms with van der Waals surface area (Å²) >= 11 is 5.88. The van der Waals surface area contributed by atoms with Crippen LogP contribution < -0.4 is 0 Å². The van der Waals surface area contributed by atoms with Crippen molar-refractivity contribution >= 4 is 23.1 Å². The highest BCUT2D eigenvalue weighted by atomic mass is 35.5. The van der Waals surface area contributed by atoms with Gasteiger partial charge in [0.05, 0.1) is 17.6 Å². The molecule has 5 heteroatoms. The zero-order valence-electron chi connectivity index (χ0n) is 8.72. The Bertz CT molecular complexity index is 536. The maximum atomic E-state index is 10.8. The summed E-state index contributed by atoms with van der Waals surface area (Å²) in [4.78, 5) is 14.8. The fourth-order valence-corrected chi connectivity index (χ4v) is 1.83. The minimum atomic E-state index is -0.799. The molecule has 0 saturated heterocycles. The number of imidazole rings is 1. The van der Waals surface area contributed by atoms with Crippen LogP contribution >= 0.6 is 11.6 Å². The number of halogens is 1. The van der Waals surface area contributed by atoms with Gasteiger partial charge in [-0.3, -0.25) is 9.20 Å². The number of hydrogen-bond donors (Lipinski definition) is 1.